The summed E-state index contributed by atoms with van der Waals surface area (Å²) in [6, 6.07) is 0.317. The Morgan fingerprint density at radius 3 is 2.58 bits per heavy atom. The third-order valence-corrected chi connectivity index (χ3v) is 2.03. The van der Waals surface area contributed by atoms with Gasteiger partial charge >= 0.3 is 0 Å². The summed E-state index contributed by atoms with van der Waals surface area (Å²) < 4.78 is 0. The van der Waals surface area contributed by atoms with Crippen molar-refractivity contribution in [1.82, 2.24) is 4.90 Å². The number of nitrogens with zero attached hydrogens (tertiary/aromatic N) is 2. The molecule has 0 bridgehead atoms. The molecule has 0 aliphatic carbocycles. The first-order chi connectivity index (χ1) is 5.57. The normalized spacial score (nSPS) is 14.6. The molecule has 0 aliphatic heterocycles. The molecule has 0 saturated heterocycles. The van der Waals surface area contributed by atoms with E-state index in [1.54, 1.807) is 0 Å². The summed E-state index contributed by atoms with van der Waals surface area (Å²) in [4.78, 5) is 6.25. The first-order valence-electron chi connectivity index (χ1n) is 4.48. The van der Waals surface area contributed by atoms with Crippen LogP contribution in [0.25, 0.3) is 0 Å². The van der Waals surface area contributed by atoms with Crippen LogP contribution in [0, 0.1) is 0 Å². The quantitative estimate of drug-likeness (QED) is 0.508. The molecule has 0 aliphatic rings. The number of hydrogen-bond donors (Lipinski definition) is 1. The molecule has 0 radical (unpaired) electrons. The van der Waals surface area contributed by atoms with Gasteiger partial charge in [-0.3, -0.25) is 4.99 Å². The molecule has 1 unspecified atom stereocenters. The summed E-state index contributed by atoms with van der Waals surface area (Å²) in [6.45, 7) is 5.11. The van der Waals surface area contributed by atoms with Crippen molar-refractivity contribution in [3.8, 4) is 0 Å². The number of rotatable bonds is 4. The Morgan fingerprint density at radius 2 is 2.17 bits per heavy atom. The van der Waals surface area contributed by atoms with E-state index in [0.29, 0.717) is 6.04 Å². The zero-order chi connectivity index (χ0) is 9.56. The molecule has 0 rings (SSSR count). The van der Waals surface area contributed by atoms with Crippen molar-refractivity contribution >= 4 is 5.84 Å². The van der Waals surface area contributed by atoms with Crippen LogP contribution < -0.4 is 5.73 Å². The highest BCUT2D eigenvalue weighted by molar-refractivity contribution is 5.79. The minimum Gasteiger partial charge on any atom is -0.364 e. The molecule has 0 saturated carbocycles. The molecule has 3 heteroatoms. The van der Waals surface area contributed by atoms with Crippen molar-refractivity contribution in [3.63, 3.8) is 0 Å². The molecule has 0 fully saturated rings. The number of hydrogen-bond acceptors (Lipinski definition) is 2. The van der Waals surface area contributed by atoms with Gasteiger partial charge < -0.3 is 10.6 Å². The second-order valence-electron chi connectivity index (χ2n) is 3.31. The molecular formula is C9H21N3. The van der Waals surface area contributed by atoms with E-state index < -0.39 is 0 Å². The van der Waals surface area contributed by atoms with E-state index in [1.165, 1.54) is 0 Å². The van der Waals surface area contributed by atoms with Gasteiger partial charge in [-0.25, -0.2) is 0 Å². The molecular weight excluding hydrogens is 150 g/mol. The van der Waals surface area contributed by atoms with Gasteiger partial charge in [0.1, 0.15) is 0 Å². The highest BCUT2D eigenvalue weighted by atomic mass is 15.1. The maximum Gasteiger partial charge on any atom is 0.0951 e. The van der Waals surface area contributed by atoms with Crippen LogP contribution in [0.2, 0.25) is 0 Å². The van der Waals surface area contributed by atoms with E-state index in [-0.39, 0.29) is 0 Å². The highest BCUT2D eigenvalue weighted by Gasteiger charge is 1.99. The Morgan fingerprint density at radius 1 is 1.58 bits per heavy atom. The van der Waals surface area contributed by atoms with Crippen molar-refractivity contribution in [2.75, 3.05) is 20.6 Å². The van der Waals surface area contributed by atoms with Crippen molar-refractivity contribution in [1.29, 1.82) is 0 Å². The summed E-state index contributed by atoms with van der Waals surface area (Å²) in [7, 11) is 3.88. The Kier molecular flexibility index (Phi) is 5.72. The Bertz CT molecular complexity index is 141. The molecule has 0 spiro atoms. The van der Waals surface area contributed by atoms with Crippen LogP contribution >= 0.6 is 0 Å². The fourth-order valence-corrected chi connectivity index (χ4v) is 0.983. The number of aliphatic imine (C=N–C) groups is 1. The molecule has 0 aromatic heterocycles. The van der Waals surface area contributed by atoms with E-state index in [1.807, 2.05) is 20.9 Å². The van der Waals surface area contributed by atoms with Crippen molar-refractivity contribution in [2.45, 2.75) is 32.7 Å². The average Bonchev–Trinajstić information content (AvgIpc) is 2.02. The predicted molar refractivity (Wildman–Crippen MR) is 54.5 cm³/mol. The van der Waals surface area contributed by atoms with Crippen LogP contribution in [0.15, 0.2) is 4.99 Å². The number of amidine groups is 1. The maximum absolute atomic E-state index is 5.64. The largest absolute Gasteiger partial charge is 0.364 e. The first-order valence-corrected chi connectivity index (χ1v) is 4.48. The zero-order valence-corrected chi connectivity index (χ0v) is 8.67. The third-order valence-electron chi connectivity index (χ3n) is 2.03. The van der Waals surface area contributed by atoms with E-state index in [4.69, 9.17) is 5.73 Å². The van der Waals surface area contributed by atoms with Crippen molar-refractivity contribution < 1.29 is 0 Å². The van der Waals surface area contributed by atoms with Crippen molar-refractivity contribution in [2.24, 2.45) is 10.7 Å². The van der Waals surface area contributed by atoms with Gasteiger partial charge in [0.25, 0.3) is 0 Å². The molecule has 0 aromatic carbocycles. The second-order valence-corrected chi connectivity index (χ2v) is 3.31. The van der Waals surface area contributed by atoms with Gasteiger partial charge in [-0.05, 0) is 26.7 Å². The Balaban J connectivity index is 3.51. The number of nitrogens with two attached hydrogens (primary N) is 1. The maximum atomic E-state index is 5.64. The van der Waals surface area contributed by atoms with Gasteiger partial charge in [0.2, 0.25) is 0 Å². The van der Waals surface area contributed by atoms with Gasteiger partial charge in [0.05, 0.1) is 5.84 Å². The smallest absolute Gasteiger partial charge is 0.0951 e. The lowest BCUT2D eigenvalue weighted by Crippen LogP contribution is -2.26. The van der Waals surface area contributed by atoms with Crippen LogP contribution in [0.5, 0.6) is 0 Å². The second kappa shape index (κ2) is 6.00. The lowest BCUT2D eigenvalue weighted by Gasteiger charge is -2.18. The van der Waals surface area contributed by atoms with Crippen LogP contribution in [0.4, 0.5) is 0 Å². The minimum absolute atomic E-state index is 0.317. The van der Waals surface area contributed by atoms with E-state index in [0.717, 1.165) is 25.2 Å². The Labute approximate surface area is 75.7 Å². The molecule has 0 amide bonds. The SMILES string of the molecule is CN=C(C)N(C)CCCC(C)N. The van der Waals surface area contributed by atoms with E-state index in [9.17, 15) is 0 Å². The summed E-state index contributed by atoms with van der Waals surface area (Å²) in [5, 5.41) is 0. The minimum atomic E-state index is 0.317. The molecule has 1 atom stereocenters. The molecule has 0 aromatic rings. The van der Waals surface area contributed by atoms with E-state index in [2.05, 4.69) is 16.9 Å². The lowest BCUT2D eigenvalue weighted by atomic mass is 10.2. The monoisotopic (exact) mass is 171 g/mol. The van der Waals surface area contributed by atoms with Crippen LogP contribution in [-0.2, 0) is 0 Å². The molecule has 12 heavy (non-hydrogen) atoms. The molecule has 0 heterocycles. The van der Waals surface area contributed by atoms with Gasteiger partial charge in [-0.15, -0.1) is 0 Å². The van der Waals surface area contributed by atoms with Crippen LogP contribution in [0.3, 0.4) is 0 Å². The fraction of sp³-hybridized carbons (Fsp3) is 0.889. The zero-order valence-electron chi connectivity index (χ0n) is 8.67. The standard InChI is InChI=1S/C9H21N3/c1-8(10)6-5-7-12(4)9(2)11-3/h8H,5-7,10H2,1-4H3. The van der Waals surface area contributed by atoms with Gasteiger partial charge in [-0.2, -0.15) is 0 Å². The van der Waals surface area contributed by atoms with Crippen LogP contribution in [0.1, 0.15) is 26.7 Å². The topological polar surface area (TPSA) is 41.6 Å². The average molecular weight is 171 g/mol. The molecule has 72 valence electrons. The van der Waals surface area contributed by atoms with Crippen molar-refractivity contribution in [3.05, 3.63) is 0 Å². The summed E-state index contributed by atoms with van der Waals surface area (Å²) in [6.07, 6.45) is 2.22. The van der Waals surface area contributed by atoms with Gasteiger partial charge in [0.15, 0.2) is 0 Å². The molecule has 3 nitrogen and oxygen atoms in total. The highest BCUT2D eigenvalue weighted by Crippen LogP contribution is 1.96. The molecule has 2 N–H and O–H groups in total. The summed E-state index contributed by atoms with van der Waals surface area (Å²) >= 11 is 0. The van der Waals surface area contributed by atoms with E-state index >= 15 is 0 Å². The fourth-order valence-electron chi connectivity index (χ4n) is 0.983. The summed E-state index contributed by atoms with van der Waals surface area (Å²) in [5.41, 5.74) is 5.64. The first kappa shape index (κ1) is 11.4. The third kappa shape index (κ3) is 5.13. The Hall–Kier alpha value is -0.570. The lowest BCUT2D eigenvalue weighted by molar-refractivity contribution is 0.460. The van der Waals surface area contributed by atoms with Gasteiger partial charge in [-0.1, -0.05) is 0 Å². The predicted octanol–water partition coefficient (Wildman–Crippen LogP) is 1.09. The summed E-state index contributed by atoms with van der Waals surface area (Å²) in [5.74, 6) is 1.08. The van der Waals surface area contributed by atoms with Gasteiger partial charge in [0, 0.05) is 26.7 Å². The van der Waals surface area contributed by atoms with Crippen LogP contribution in [-0.4, -0.2) is 37.4 Å².